The minimum Gasteiger partial charge on any atom is -0.413 e. The van der Waals surface area contributed by atoms with Gasteiger partial charge in [-0.2, -0.15) is 0 Å². The lowest BCUT2D eigenvalue weighted by Gasteiger charge is -2.43. The van der Waals surface area contributed by atoms with E-state index in [4.69, 9.17) is 4.43 Å². The Morgan fingerprint density at radius 1 is 1.12 bits per heavy atom. The molecule has 0 amide bonds. The van der Waals surface area contributed by atoms with Crippen LogP contribution < -0.4 is 0 Å². The molecular formula is C14H30O2Si. The molecule has 17 heavy (non-hydrogen) atoms. The van der Waals surface area contributed by atoms with E-state index in [0.29, 0.717) is 6.42 Å². The standard InChI is InChI=1S/C14H30O2Si/c1-11(15)10-12(13(2,3)4)16-17(8,9)14(5,6)7/h12H,10H2,1-9H3/t12-/m1/s1. The van der Waals surface area contributed by atoms with Crippen LogP contribution in [0.1, 0.15) is 54.9 Å². The minimum absolute atomic E-state index is 0.0151. The summed E-state index contributed by atoms with van der Waals surface area (Å²) in [5, 5.41) is 0.188. The van der Waals surface area contributed by atoms with E-state index in [-0.39, 0.29) is 22.3 Å². The lowest BCUT2D eigenvalue weighted by atomic mass is 9.86. The third-order valence-corrected chi connectivity index (χ3v) is 8.17. The predicted octanol–water partition coefficient (Wildman–Crippen LogP) is 4.40. The summed E-state index contributed by atoms with van der Waals surface area (Å²) in [7, 11) is -1.80. The second-order valence-electron chi connectivity index (χ2n) is 7.64. The normalized spacial score (nSPS) is 15.8. The van der Waals surface area contributed by atoms with Crippen LogP contribution in [0, 0.1) is 5.41 Å². The van der Waals surface area contributed by atoms with Crippen LogP contribution >= 0.6 is 0 Å². The molecule has 1 atom stereocenters. The maximum absolute atomic E-state index is 11.4. The van der Waals surface area contributed by atoms with E-state index in [9.17, 15) is 4.79 Å². The topological polar surface area (TPSA) is 26.3 Å². The average molecular weight is 258 g/mol. The molecule has 0 aliphatic heterocycles. The van der Waals surface area contributed by atoms with Gasteiger partial charge in [0.1, 0.15) is 5.78 Å². The van der Waals surface area contributed by atoms with Crippen molar-refractivity contribution in [2.45, 2.75) is 79.1 Å². The molecule has 0 aliphatic carbocycles. The van der Waals surface area contributed by atoms with Crippen molar-refractivity contribution in [2.24, 2.45) is 5.41 Å². The van der Waals surface area contributed by atoms with Crippen LogP contribution in [0.2, 0.25) is 18.1 Å². The number of hydrogen-bond acceptors (Lipinski definition) is 2. The second-order valence-corrected chi connectivity index (χ2v) is 12.4. The molecule has 0 aromatic carbocycles. The lowest BCUT2D eigenvalue weighted by molar-refractivity contribution is -0.120. The van der Waals surface area contributed by atoms with Crippen molar-refractivity contribution < 1.29 is 9.22 Å². The molecule has 0 saturated heterocycles. The van der Waals surface area contributed by atoms with Gasteiger partial charge >= 0.3 is 0 Å². The first-order valence-electron chi connectivity index (χ1n) is 6.44. The fourth-order valence-electron chi connectivity index (χ4n) is 1.32. The zero-order valence-corrected chi connectivity index (χ0v) is 14.1. The molecule has 0 radical (unpaired) electrons. The van der Waals surface area contributed by atoms with E-state index < -0.39 is 8.32 Å². The number of Topliss-reactive ketones (excluding diaryl/α,β-unsaturated/α-hetero) is 1. The zero-order chi connectivity index (χ0) is 14.1. The number of carbonyl (C=O) groups is 1. The minimum atomic E-state index is -1.80. The van der Waals surface area contributed by atoms with Crippen molar-refractivity contribution in [2.75, 3.05) is 0 Å². The summed E-state index contributed by atoms with van der Waals surface area (Å²) in [6.07, 6.45) is 0.552. The van der Waals surface area contributed by atoms with Crippen LogP contribution in [0.4, 0.5) is 0 Å². The summed E-state index contributed by atoms with van der Waals surface area (Å²) in [4.78, 5) is 11.4. The van der Waals surface area contributed by atoms with E-state index in [1.54, 1.807) is 6.92 Å². The molecule has 0 aromatic rings. The van der Waals surface area contributed by atoms with E-state index >= 15 is 0 Å². The molecule has 0 bridgehead atoms. The largest absolute Gasteiger partial charge is 0.413 e. The van der Waals surface area contributed by atoms with Crippen molar-refractivity contribution in [1.29, 1.82) is 0 Å². The molecule has 102 valence electrons. The van der Waals surface area contributed by atoms with Gasteiger partial charge in [0.15, 0.2) is 8.32 Å². The van der Waals surface area contributed by atoms with Crippen molar-refractivity contribution in [1.82, 2.24) is 0 Å². The molecule has 0 rings (SSSR count). The van der Waals surface area contributed by atoms with Gasteiger partial charge in [-0.1, -0.05) is 41.5 Å². The average Bonchev–Trinajstić information content (AvgIpc) is 1.97. The lowest BCUT2D eigenvalue weighted by Crippen LogP contribution is -2.47. The van der Waals surface area contributed by atoms with Gasteiger partial charge in [0.05, 0.1) is 6.10 Å². The van der Waals surface area contributed by atoms with Crippen molar-refractivity contribution in [3.05, 3.63) is 0 Å². The highest BCUT2D eigenvalue weighted by Crippen LogP contribution is 2.40. The second kappa shape index (κ2) is 5.23. The summed E-state index contributed by atoms with van der Waals surface area (Å²) in [6, 6.07) is 0. The number of hydrogen-bond donors (Lipinski definition) is 0. The van der Waals surface area contributed by atoms with Crippen molar-refractivity contribution in [3.63, 3.8) is 0 Å². The van der Waals surface area contributed by atoms with Crippen LogP contribution in [0.5, 0.6) is 0 Å². The Labute approximate surface area is 108 Å². The Morgan fingerprint density at radius 2 is 1.53 bits per heavy atom. The van der Waals surface area contributed by atoms with E-state index in [1.165, 1.54) is 0 Å². The Kier molecular flexibility index (Phi) is 5.18. The molecule has 0 unspecified atom stereocenters. The highest BCUT2D eigenvalue weighted by atomic mass is 28.4. The fraction of sp³-hybridized carbons (Fsp3) is 0.929. The van der Waals surface area contributed by atoms with Crippen LogP contribution in [-0.2, 0) is 9.22 Å². The molecule has 2 nitrogen and oxygen atoms in total. The van der Waals surface area contributed by atoms with Gasteiger partial charge in [-0.3, -0.25) is 4.79 Å². The van der Waals surface area contributed by atoms with Crippen LogP contribution in [0.3, 0.4) is 0 Å². The van der Waals surface area contributed by atoms with Crippen LogP contribution in [-0.4, -0.2) is 20.2 Å². The Morgan fingerprint density at radius 3 is 1.76 bits per heavy atom. The van der Waals surface area contributed by atoms with E-state index in [0.717, 1.165) is 0 Å². The van der Waals surface area contributed by atoms with Gasteiger partial charge in [0.25, 0.3) is 0 Å². The Bertz CT molecular complexity index is 269. The van der Waals surface area contributed by atoms with E-state index in [1.807, 2.05) is 0 Å². The SMILES string of the molecule is CC(=O)C[C@@H](O[Si](C)(C)C(C)(C)C)C(C)(C)C. The van der Waals surface area contributed by atoms with Crippen LogP contribution in [0.25, 0.3) is 0 Å². The smallest absolute Gasteiger partial charge is 0.192 e. The first-order chi connectivity index (χ1) is 7.27. The summed E-state index contributed by atoms with van der Waals surface area (Å²) >= 11 is 0. The molecular weight excluding hydrogens is 228 g/mol. The molecule has 0 fully saturated rings. The molecule has 0 N–H and O–H groups in total. The maximum Gasteiger partial charge on any atom is 0.192 e. The van der Waals surface area contributed by atoms with Gasteiger partial charge in [-0.15, -0.1) is 0 Å². The predicted molar refractivity (Wildman–Crippen MR) is 76.8 cm³/mol. The van der Waals surface area contributed by atoms with E-state index in [2.05, 4.69) is 54.6 Å². The molecule has 3 heteroatoms. The molecule has 0 aromatic heterocycles. The Hall–Kier alpha value is -0.153. The highest BCUT2D eigenvalue weighted by molar-refractivity contribution is 6.74. The molecule has 0 aliphatic rings. The summed E-state index contributed by atoms with van der Waals surface area (Å²) in [6.45, 7) is 19.3. The summed E-state index contributed by atoms with van der Waals surface area (Å²) < 4.78 is 6.40. The maximum atomic E-state index is 11.4. The van der Waals surface area contributed by atoms with Crippen LogP contribution in [0.15, 0.2) is 0 Å². The number of ketones is 1. The quantitative estimate of drug-likeness (QED) is 0.699. The summed E-state index contributed by atoms with van der Waals surface area (Å²) in [5.41, 5.74) is 0.0151. The van der Waals surface area contributed by atoms with Gasteiger partial charge in [-0.05, 0) is 30.5 Å². The van der Waals surface area contributed by atoms with Gasteiger partial charge in [0.2, 0.25) is 0 Å². The first-order valence-corrected chi connectivity index (χ1v) is 9.35. The third-order valence-electron chi connectivity index (χ3n) is 3.68. The molecule has 0 spiro atoms. The molecule has 0 saturated carbocycles. The van der Waals surface area contributed by atoms with Crippen molar-refractivity contribution >= 4 is 14.1 Å². The first kappa shape index (κ1) is 16.8. The zero-order valence-electron chi connectivity index (χ0n) is 13.1. The van der Waals surface area contributed by atoms with Gasteiger partial charge < -0.3 is 4.43 Å². The molecule has 0 heterocycles. The van der Waals surface area contributed by atoms with Crippen molar-refractivity contribution in [3.8, 4) is 0 Å². The third kappa shape index (κ3) is 5.34. The summed E-state index contributed by atoms with van der Waals surface area (Å²) in [5.74, 6) is 0.212. The van der Waals surface area contributed by atoms with Gasteiger partial charge in [0, 0.05) is 6.42 Å². The van der Waals surface area contributed by atoms with Gasteiger partial charge in [-0.25, -0.2) is 0 Å². The Balaban J connectivity index is 4.94. The highest BCUT2D eigenvalue weighted by Gasteiger charge is 2.41. The fourth-order valence-corrected chi connectivity index (χ4v) is 2.82. The number of carbonyl (C=O) groups excluding carboxylic acids is 1. The monoisotopic (exact) mass is 258 g/mol. The number of rotatable bonds is 4.